The van der Waals surface area contributed by atoms with E-state index < -0.39 is 11.9 Å². The van der Waals surface area contributed by atoms with Crippen molar-refractivity contribution >= 4 is 17.8 Å². The van der Waals surface area contributed by atoms with Gasteiger partial charge < -0.3 is 19.8 Å². The molecule has 0 radical (unpaired) electrons. The lowest BCUT2D eigenvalue weighted by atomic mass is 9.86. The number of amides is 1. The molecule has 7 nitrogen and oxygen atoms in total. The van der Waals surface area contributed by atoms with E-state index in [0.717, 1.165) is 19.3 Å². The minimum atomic E-state index is -0.626. The first-order valence-corrected chi connectivity index (χ1v) is 9.17. The largest absolute Gasteiger partial charge is 0.461 e. The van der Waals surface area contributed by atoms with Gasteiger partial charge in [-0.05, 0) is 45.1 Å². The number of aromatic nitrogens is 1. The van der Waals surface area contributed by atoms with Crippen LogP contribution in [0.5, 0.6) is 0 Å². The summed E-state index contributed by atoms with van der Waals surface area (Å²) in [6.07, 6.45) is 4.35. The first-order valence-electron chi connectivity index (χ1n) is 9.17. The van der Waals surface area contributed by atoms with Gasteiger partial charge in [-0.2, -0.15) is 0 Å². The van der Waals surface area contributed by atoms with Gasteiger partial charge in [-0.1, -0.05) is 19.8 Å². The second kappa shape index (κ2) is 8.87. The summed E-state index contributed by atoms with van der Waals surface area (Å²) < 4.78 is 10.1. The molecule has 0 bridgehead atoms. The maximum absolute atomic E-state index is 12.4. The average molecular weight is 364 g/mol. The fourth-order valence-corrected chi connectivity index (χ4v) is 3.45. The van der Waals surface area contributed by atoms with Gasteiger partial charge in [0.15, 0.2) is 6.61 Å². The van der Waals surface area contributed by atoms with E-state index in [0.29, 0.717) is 17.2 Å². The highest BCUT2D eigenvalue weighted by atomic mass is 16.5. The highest BCUT2D eigenvalue weighted by Crippen LogP contribution is 2.23. The zero-order chi connectivity index (χ0) is 19.3. The third-order valence-electron chi connectivity index (χ3n) is 4.91. The van der Waals surface area contributed by atoms with E-state index in [1.54, 1.807) is 20.8 Å². The van der Waals surface area contributed by atoms with Gasteiger partial charge in [0, 0.05) is 11.7 Å². The Morgan fingerprint density at radius 1 is 1.12 bits per heavy atom. The normalized spacial score (nSPS) is 19.7. The van der Waals surface area contributed by atoms with Crippen molar-refractivity contribution in [1.82, 2.24) is 10.3 Å². The van der Waals surface area contributed by atoms with Crippen LogP contribution in [0, 0.1) is 19.8 Å². The number of aryl methyl sites for hydroxylation is 1. The summed E-state index contributed by atoms with van der Waals surface area (Å²) >= 11 is 0. The Balaban J connectivity index is 1.95. The topological polar surface area (TPSA) is 97.5 Å². The first kappa shape index (κ1) is 20.0. The average Bonchev–Trinajstić information content (AvgIpc) is 2.90. The van der Waals surface area contributed by atoms with E-state index in [2.05, 4.69) is 17.2 Å². The van der Waals surface area contributed by atoms with Gasteiger partial charge in [0.2, 0.25) is 0 Å². The zero-order valence-corrected chi connectivity index (χ0v) is 15.9. The number of nitrogens with one attached hydrogen (secondary N) is 2. The Hall–Kier alpha value is -2.31. The number of esters is 2. The molecular weight excluding hydrogens is 336 g/mol. The summed E-state index contributed by atoms with van der Waals surface area (Å²) in [4.78, 5) is 39.2. The third kappa shape index (κ3) is 4.65. The minimum absolute atomic E-state index is 0.140. The van der Waals surface area contributed by atoms with E-state index in [4.69, 9.17) is 9.47 Å². The van der Waals surface area contributed by atoms with Crippen molar-refractivity contribution in [2.45, 2.75) is 59.4 Å². The van der Waals surface area contributed by atoms with Crippen molar-refractivity contribution in [2.75, 3.05) is 13.2 Å². The Morgan fingerprint density at radius 3 is 2.46 bits per heavy atom. The quantitative estimate of drug-likeness (QED) is 0.756. The van der Waals surface area contributed by atoms with Gasteiger partial charge >= 0.3 is 11.9 Å². The number of hydrogen-bond donors (Lipinski definition) is 2. The van der Waals surface area contributed by atoms with Crippen LogP contribution in [0.2, 0.25) is 0 Å². The molecule has 1 heterocycles. The van der Waals surface area contributed by atoms with E-state index in [9.17, 15) is 14.4 Å². The van der Waals surface area contributed by atoms with Crippen molar-refractivity contribution < 1.29 is 23.9 Å². The molecule has 1 aliphatic carbocycles. The maximum atomic E-state index is 12.4. The molecule has 144 valence electrons. The van der Waals surface area contributed by atoms with Crippen LogP contribution in [0.4, 0.5) is 0 Å². The lowest BCUT2D eigenvalue weighted by Crippen LogP contribution is -2.42. The standard InChI is InChI=1S/C19H28N2O5/c1-5-25-19(24)17-12(3)16(13(4)20-17)18(23)26-10-15(22)21-14-9-7-6-8-11(14)2/h11,14,20H,5-10H2,1-4H3,(H,21,22)/t11-,14+/m1/s1. The molecule has 1 amide bonds. The van der Waals surface area contributed by atoms with Gasteiger partial charge in [0.1, 0.15) is 5.69 Å². The number of aromatic amines is 1. The fraction of sp³-hybridized carbons (Fsp3) is 0.632. The molecule has 0 unspecified atom stereocenters. The Morgan fingerprint density at radius 2 is 1.81 bits per heavy atom. The van der Waals surface area contributed by atoms with E-state index in [1.165, 1.54) is 6.42 Å². The summed E-state index contributed by atoms with van der Waals surface area (Å²) in [5, 5.41) is 2.95. The smallest absolute Gasteiger partial charge is 0.355 e. The highest BCUT2D eigenvalue weighted by molar-refractivity contribution is 5.99. The van der Waals surface area contributed by atoms with Gasteiger partial charge in [-0.3, -0.25) is 4.79 Å². The van der Waals surface area contributed by atoms with Crippen molar-refractivity contribution in [2.24, 2.45) is 5.92 Å². The number of carbonyl (C=O) groups is 3. The molecule has 1 aliphatic rings. The van der Waals surface area contributed by atoms with Crippen LogP contribution in [0.15, 0.2) is 0 Å². The summed E-state index contributed by atoms with van der Waals surface area (Å²) in [6.45, 7) is 7.08. The summed E-state index contributed by atoms with van der Waals surface area (Å²) in [5.41, 5.74) is 1.48. The molecule has 1 saturated carbocycles. The van der Waals surface area contributed by atoms with Crippen molar-refractivity contribution in [3.05, 3.63) is 22.5 Å². The molecule has 0 saturated heterocycles. The van der Waals surface area contributed by atoms with Crippen LogP contribution in [-0.4, -0.2) is 42.1 Å². The van der Waals surface area contributed by atoms with Crippen molar-refractivity contribution in [1.29, 1.82) is 0 Å². The van der Waals surface area contributed by atoms with Crippen LogP contribution in [0.25, 0.3) is 0 Å². The SMILES string of the molecule is CCOC(=O)c1[nH]c(C)c(C(=O)OCC(=O)N[C@H]2CCCC[C@H]2C)c1C. The number of H-pyrrole nitrogens is 1. The van der Waals surface area contributed by atoms with Gasteiger partial charge in [0.25, 0.3) is 5.91 Å². The molecule has 26 heavy (non-hydrogen) atoms. The second-order valence-corrected chi connectivity index (χ2v) is 6.86. The number of carbonyl (C=O) groups excluding carboxylic acids is 3. The van der Waals surface area contributed by atoms with Crippen molar-refractivity contribution in [3.63, 3.8) is 0 Å². The highest BCUT2D eigenvalue weighted by Gasteiger charge is 2.26. The molecule has 1 fully saturated rings. The maximum Gasteiger partial charge on any atom is 0.355 e. The predicted molar refractivity (Wildman–Crippen MR) is 96.1 cm³/mol. The van der Waals surface area contributed by atoms with Crippen LogP contribution < -0.4 is 5.32 Å². The van der Waals surface area contributed by atoms with Gasteiger partial charge in [0.05, 0.1) is 12.2 Å². The molecule has 0 aromatic carbocycles. The Kier molecular flexibility index (Phi) is 6.83. The molecule has 0 spiro atoms. The summed E-state index contributed by atoms with van der Waals surface area (Å²) in [7, 11) is 0. The summed E-state index contributed by atoms with van der Waals surface area (Å²) in [5.74, 6) is -1.01. The van der Waals surface area contributed by atoms with Crippen LogP contribution in [-0.2, 0) is 14.3 Å². The van der Waals surface area contributed by atoms with Gasteiger partial charge in [-0.15, -0.1) is 0 Å². The van der Waals surface area contributed by atoms with Crippen LogP contribution in [0.1, 0.15) is 71.6 Å². The van der Waals surface area contributed by atoms with E-state index in [1.807, 2.05) is 0 Å². The van der Waals surface area contributed by atoms with Crippen LogP contribution in [0.3, 0.4) is 0 Å². The molecule has 0 aliphatic heterocycles. The summed E-state index contributed by atoms with van der Waals surface area (Å²) in [6, 6.07) is 0.140. The molecular formula is C19H28N2O5. The van der Waals surface area contributed by atoms with Gasteiger partial charge in [-0.25, -0.2) is 9.59 Å². The molecule has 1 aromatic rings. The predicted octanol–water partition coefficient (Wildman–Crippen LogP) is 2.66. The molecule has 1 aromatic heterocycles. The van der Waals surface area contributed by atoms with E-state index >= 15 is 0 Å². The van der Waals surface area contributed by atoms with Crippen molar-refractivity contribution in [3.8, 4) is 0 Å². The minimum Gasteiger partial charge on any atom is -0.461 e. The fourth-order valence-electron chi connectivity index (χ4n) is 3.45. The lowest BCUT2D eigenvalue weighted by Gasteiger charge is -2.29. The Labute approximate surface area is 153 Å². The number of ether oxygens (including phenoxy) is 2. The monoisotopic (exact) mass is 364 g/mol. The molecule has 2 N–H and O–H groups in total. The Bertz CT molecular complexity index is 680. The number of hydrogen-bond acceptors (Lipinski definition) is 5. The van der Waals surface area contributed by atoms with E-state index in [-0.39, 0.29) is 36.4 Å². The van der Waals surface area contributed by atoms with Crippen LogP contribution >= 0.6 is 0 Å². The zero-order valence-electron chi connectivity index (χ0n) is 15.9. The third-order valence-corrected chi connectivity index (χ3v) is 4.91. The second-order valence-electron chi connectivity index (χ2n) is 6.86. The molecule has 2 atom stereocenters. The first-order chi connectivity index (χ1) is 12.3. The lowest BCUT2D eigenvalue weighted by molar-refractivity contribution is -0.125. The molecule has 7 heteroatoms. The number of rotatable bonds is 6. The molecule has 2 rings (SSSR count).